The fourth-order valence-corrected chi connectivity index (χ4v) is 10.3. The van der Waals surface area contributed by atoms with Crippen LogP contribution in [0.5, 0.6) is 23.0 Å². The van der Waals surface area contributed by atoms with E-state index >= 15 is 0 Å². The molecule has 1 N–H and O–H groups in total. The summed E-state index contributed by atoms with van der Waals surface area (Å²) < 4.78 is 69.9. The van der Waals surface area contributed by atoms with Crippen LogP contribution in [-0.2, 0) is 40.0 Å². The Morgan fingerprint density at radius 3 is 1.37 bits per heavy atom. The van der Waals surface area contributed by atoms with Crippen LogP contribution in [0.15, 0.2) is 126 Å². The Hall–Kier alpha value is -5.68. The second-order valence-electron chi connectivity index (χ2n) is 21.4. The number of pyridine rings is 2. The van der Waals surface area contributed by atoms with Gasteiger partial charge in [-0.15, -0.1) is 0 Å². The average Bonchev–Trinajstić information content (AvgIpc) is 3.34. The van der Waals surface area contributed by atoms with E-state index in [0.717, 1.165) is 87.1 Å². The van der Waals surface area contributed by atoms with E-state index in [1.807, 2.05) is 61.5 Å². The number of hydrogen-bond acceptors (Lipinski definition) is 9. The van der Waals surface area contributed by atoms with Crippen molar-refractivity contribution in [1.82, 2.24) is 9.97 Å². The van der Waals surface area contributed by atoms with E-state index in [2.05, 4.69) is 116 Å². The Balaban J connectivity index is 0.000000217. The zero-order valence-electron chi connectivity index (χ0n) is 45.2. The molecule has 0 radical (unpaired) electrons. The Bertz CT molecular complexity index is 3010. The SMILES string of the molecule is Cc1c(CCc2ccc(O)cc2)nc2ccccc2c1O[Si](C)(C)C(C)(C)C.Cc1c(CCc2ccc(OCCF)cc2)nc2ccccc2c1O[Si](C)(C)C(C)(C)C.Cc1ccc(S(=O)(=O)OCCF)cc1. The van der Waals surface area contributed by atoms with Crippen molar-refractivity contribution >= 4 is 48.6 Å². The number of para-hydroxylation sites is 2. The number of aromatic nitrogens is 2. The van der Waals surface area contributed by atoms with Crippen molar-refractivity contribution in [2.45, 2.75) is 129 Å². The Labute approximate surface area is 435 Å². The summed E-state index contributed by atoms with van der Waals surface area (Å²) in [6.45, 7) is 27.2. The van der Waals surface area contributed by atoms with Crippen molar-refractivity contribution in [3.63, 3.8) is 0 Å². The first kappa shape index (κ1) is 58.2. The van der Waals surface area contributed by atoms with Gasteiger partial charge in [-0.05, 0) is 155 Å². The van der Waals surface area contributed by atoms with Gasteiger partial charge in [0.15, 0.2) is 0 Å². The standard InChI is InChI=1S/C26H34FNO2Si.C24H31NO2Si.C9H11FO3S/c1-19-23(16-13-20-11-14-21(15-12-20)29-18-17-27)28-24-10-8-7-9-22(24)25(19)30-31(5,6)26(2,3)4;1-17-21(16-13-18-11-14-19(26)15-12-18)25-22-10-8-7-9-20(22)23(17)27-28(5,6)24(2,3)4;1-8-2-4-9(5-3-8)14(11,12)13-7-6-10/h7-12,14-15H,13,16-18H2,1-6H3;7-12,14-15,26H,13,16H2,1-6H3;2-5H,6-7H2,1H3. The molecule has 0 unspecified atom stereocenters. The first-order chi connectivity index (χ1) is 34.3. The lowest BCUT2D eigenvalue weighted by Gasteiger charge is -2.37. The van der Waals surface area contributed by atoms with Gasteiger partial charge >= 0.3 is 0 Å². The smallest absolute Gasteiger partial charge is 0.297 e. The minimum atomic E-state index is -3.78. The first-order valence-electron chi connectivity index (χ1n) is 25.0. The first-order valence-corrected chi connectivity index (χ1v) is 32.2. The van der Waals surface area contributed by atoms with Crippen LogP contribution in [0, 0.1) is 20.8 Å². The Morgan fingerprint density at radius 2 is 0.959 bits per heavy atom. The van der Waals surface area contributed by atoms with Crippen LogP contribution >= 0.6 is 0 Å². The number of hydrogen-bond donors (Lipinski definition) is 1. The normalized spacial score (nSPS) is 12.2. The predicted octanol–water partition coefficient (Wildman–Crippen LogP) is 15.1. The number of alkyl halides is 2. The highest BCUT2D eigenvalue weighted by molar-refractivity contribution is 7.86. The molecule has 7 rings (SSSR count). The van der Waals surface area contributed by atoms with Gasteiger partial charge in [0, 0.05) is 33.3 Å². The molecule has 5 aromatic carbocycles. The van der Waals surface area contributed by atoms with E-state index in [1.54, 1.807) is 24.3 Å². The van der Waals surface area contributed by atoms with Crippen molar-refractivity contribution in [1.29, 1.82) is 0 Å². The van der Waals surface area contributed by atoms with Gasteiger partial charge in [0.2, 0.25) is 0 Å². The zero-order chi connectivity index (χ0) is 53.8. The average molecular weight is 1050 g/mol. The van der Waals surface area contributed by atoms with Gasteiger partial charge in [-0.1, -0.05) is 108 Å². The molecule has 7 aromatic rings. The largest absolute Gasteiger partial charge is 0.543 e. The molecule has 14 heteroatoms. The summed E-state index contributed by atoms with van der Waals surface area (Å²) in [4.78, 5) is 9.97. The van der Waals surface area contributed by atoms with Gasteiger partial charge in [0.25, 0.3) is 26.8 Å². The molecule has 0 amide bonds. The zero-order valence-corrected chi connectivity index (χ0v) is 48.0. The lowest BCUT2D eigenvalue weighted by Crippen LogP contribution is -2.44. The maximum Gasteiger partial charge on any atom is 0.297 e. The summed E-state index contributed by atoms with van der Waals surface area (Å²) in [6.07, 6.45) is 3.42. The van der Waals surface area contributed by atoms with Gasteiger partial charge < -0.3 is 18.7 Å². The lowest BCUT2D eigenvalue weighted by atomic mass is 10.0. The van der Waals surface area contributed by atoms with Gasteiger partial charge in [-0.2, -0.15) is 8.42 Å². The molecule has 0 bridgehead atoms. The summed E-state index contributed by atoms with van der Waals surface area (Å²) in [5.74, 6) is 2.99. The molecular formula is C59H76F2N2O7SSi2. The molecule has 0 atom stereocenters. The summed E-state index contributed by atoms with van der Waals surface area (Å²) in [7, 11) is -7.74. The molecule has 0 fully saturated rings. The number of halogens is 2. The fraction of sp³-hybridized carbons (Fsp3) is 0.390. The fourth-order valence-electron chi connectivity index (χ4n) is 7.23. The lowest BCUT2D eigenvalue weighted by molar-refractivity contribution is 0.273. The van der Waals surface area contributed by atoms with E-state index < -0.39 is 46.7 Å². The van der Waals surface area contributed by atoms with Crippen LogP contribution in [0.3, 0.4) is 0 Å². The minimum absolute atomic E-state index is 0.0524. The van der Waals surface area contributed by atoms with Gasteiger partial charge in [0.05, 0.1) is 22.5 Å². The number of aromatic hydroxyl groups is 1. The van der Waals surface area contributed by atoms with Crippen molar-refractivity contribution in [2.24, 2.45) is 0 Å². The highest BCUT2D eigenvalue weighted by Gasteiger charge is 2.41. The second kappa shape index (κ2) is 25.0. The third-order valence-electron chi connectivity index (χ3n) is 13.8. The summed E-state index contributed by atoms with van der Waals surface area (Å²) >= 11 is 0. The molecule has 0 aliphatic rings. The van der Waals surface area contributed by atoms with E-state index in [0.29, 0.717) is 11.5 Å². The van der Waals surface area contributed by atoms with Crippen LogP contribution < -0.4 is 13.6 Å². The summed E-state index contributed by atoms with van der Waals surface area (Å²) in [5, 5.41) is 11.9. The van der Waals surface area contributed by atoms with Crippen molar-refractivity contribution < 1.29 is 40.1 Å². The third-order valence-corrected chi connectivity index (χ3v) is 23.8. The third kappa shape index (κ3) is 15.9. The Kier molecular flexibility index (Phi) is 20.0. The molecule has 0 aliphatic carbocycles. The van der Waals surface area contributed by atoms with Crippen LogP contribution in [0.1, 0.15) is 80.7 Å². The molecule has 2 heterocycles. The van der Waals surface area contributed by atoms with Crippen LogP contribution in [0.25, 0.3) is 21.8 Å². The van der Waals surface area contributed by atoms with Crippen LogP contribution in [0.2, 0.25) is 36.3 Å². The molecule has 392 valence electrons. The molecule has 73 heavy (non-hydrogen) atoms. The molecule has 0 saturated heterocycles. The van der Waals surface area contributed by atoms with E-state index in [9.17, 15) is 22.3 Å². The maximum atomic E-state index is 12.3. The molecular weight excluding hydrogens is 975 g/mol. The topological polar surface area (TPSA) is 117 Å². The van der Waals surface area contributed by atoms with Gasteiger partial charge in [0.1, 0.15) is 43.0 Å². The minimum Gasteiger partial charge on any atom is -0.543 e. The number of aryl methyl sites for hydroxylation is 5. The van der Waals surface area contributed by atoms with E-state index in [1.165, 1.54) is 23.3 Å². The van der Waals surface area contributed by atoms with E-state index in [-0.39, 0.29) is 21.6 Å². The van der Waals surface area contributed by atoms with Crippen LogP contribution in [0.4, 0.5) is 8.78 Å². The summed E-state index contributed by atoms with van der Waals surface area (Å²) in [6, 6.07) is 38.0. The number of nitrogens with zero attached hydrogens (tertiary/aromatic N) is 2. The molecule has 9 nitrogen and oxygen atoms in total. The second-order valence-corrected chi connectivity index (χ2v) is 32.5. The number of phenols is 1. The van der Waals surface area contributed by atoms with Gasteiger partial charge in [-0.25, -0.2) is 8.78 Å². The van der Waals surface area contributed by atoms with Crippen molar-refractivity contribution in [3.8, 4) is 23.0 Å². The predicted molar refractivity (Wildman–Crippen MR) is 300 cm³/mol. The quantitative estimate of drug-likeness (QED) is 0.0703. The highest BCUT2D eigenvalue weighted by atomic mass is 32.2. The Morgan fingerprint density at radius 1 is 0.548 bits per heavy atom. The molecule has 2 aromatic heterocycles. The molecule has 0 saturated carbocycles. The van der Waals surface area contributed by atoms with Crippen molar-refractivity contribution in [3.05, 3.63) is 161 Å². The number of ether oxygens (including phenoxy) is 1. The molecule has 0 aliphatic heterocycles. The number of benzene rings is 5. The monoisotopic (exact) mass is 1050 g/mol. The van der Waals surface area contributed by atoms with Gasteiger partial charge in [-0.3, -0.25) is 14.2 Å². The number of fused-ring (bicyclic) bond motifs is 2. The maximum absolute atomic E-state index is 12.3. The molecule has 0 spiro atoms. The van der Waals surface area contributed by atoms with Crippen LogP contribution in [-0.4, -0.2) is 66.7 Å². The number of phenolic OH excluding ortho intramolecular Hbond substituents is 1. The summed E-state index contributed by atoms with van der Waals surface area (Å²) in [5.41, 5.74) is 9.75. The highest BCUT2D eigenvalue weighted by Crippen LogP contribution is 2.42. The number of rotatable bonds is 17. The van der Waals surface area contributed by atoms with E-state index in [4.69, 9.17) is 23.6 Å². The van der Waals surface area contributed by atoms with Crippen molar-refractivity contribution in [2.75, 3.05) is 26.6 Å².